The summed E-state index contributed by atoms with van der Waals surface area (Å²) in [6.45, 7) is 3.74. The van der Waals surface area contributed by atoms with Crippen LogP contribution < -0.4 is 4.90 Å². The van der Waals surface area contributed by atoms with Gasteiger partial charge in [0.25, 0.3) is 0 Å². The zero-order chi connectivity index (χ0) is 16.4. The van der Waals surface area contributed by atoms with Crippen molar-refractivity contribution in [2.75, 3.05) is 17.2 Å². The first-order valence-electron chi connectivity index (χ1n) is 6.76. The number of benzene rings is 1. The molecule has 0 bridgehead atoms. The number of aromatic carboxylic acids is 1. The summed E-state index contributed by atoms with van der Waals surface area (Å²) in [5.41, 5.74) is 1.30. The van der Waals surface area contributed by atoms with Gasteiger partial charge in [-0.15, -0.1) is 0 Å². The fourth-order valence-electron chi connectivity index (χ4n) is 2.60. The van der Waals surface area contributed by atoms with Gasteiger partial charge in [0.1, 0.15) is 0 Å². The zero-order valence-corrected chi connectivity index (χ0v) is 14.7. The van der Waals surface area contributed by atoms with Crippen LogP contribution in [0.3, 0.4) is 0 Å². The fourth-order valence-corrected chi connectivity index (χ4v) is 3.87. The minimum absolute atomic E-state index is 0.0250. The summed E-state index contributed by atoms with van der Waals surface area (Å²) in [6.07, 6.45) is 0.342. The number of thioether (sulfide) groups is 1. The quantitative estimate of drug-likeness (QED) is 0.861. The molecular formula is C15H16BrNO4S. The van der Waals surface area contributed by atoms with Gasteiger partial charge in [-0.05, 0) is 30.5 Å². The van der Waals surface area contributed by atoms with E-state index in [4.69, 9.17) is 0 Å². The standard InChI is InChI=1S/C15H16BrNO4S/c1-8-3-11(16)5-12(15(20)21)14(8)17-6-10(4-13(17)19)7-22-9(2)18/h3,5,10H,4,6-7H2,1-2H3,(H,20,21). The Labute approximate surface area is 141 Å². The third-order valence-electron chi connectivity index (χ3n) is 3.49. The number of hydrogen-bond acceptors (Lipinski definition) is 4. The highest BCUT2D eigenvalue weighted by Gasteiger charge is 2.33. The molecule has 22 heavy (non-hydrogen) atoms. The van der Waals surface area contributed by atoms with Crippen molar-refractivity contribution in [3.8, 4) is 0 Å². The lowest BCUT2D eigenvalue weighted by atomic mass is 10.1. The van der Waals surface area contributed by atoms with E-state index >= 15 is 0 Å². The maximum atomic E-state index is 12.3. The number of amides is 1. The Morgan fingerprint density at radius 3 is 2.73 bits per heavy atom. The molecule has 5 nitrogen and oxygen atoms in total. The molecule has 118 valence electrons. The van der Waals surface area contributed by atoms with Crippen molar-refractivity contribution in [2.24, 2.45) is 5.92 Å². The molecule has 1 aromatic rings. The summed E-state index contributed by atoms with van der Waals surface area (Å²) >= 11 is 4.49. The SMILES string of the molecule is CC(=O)SCC1CC(=O)N(c2c(C)cc(Br)cc2C(=O)O)C1. The average molecular weight is 386 g/mol. The van der Waals surface area contributed by atoms with E-state index in [1.807, 2.05) is 0 Å². The molecule has 1 saturated heterocycles. The average Bonchev–Trinajstić information content (AvgIpc) is 2.76. The first kappa shape index (κ1) is 17.0. The number of hydrogen-bond donors (Lipinski definition) is 1. The van der Waals surface area contributed by atoms with Crippen molar-refractivity contribution in [3.63, 3.8) is 0 Å². The predicted molar refractivity (Wildman–Crippen MR) is 89.4 cm³/mol. The first-order chi connectivity index (χ1) is 10.3. The van der Waals surface area contributed by atoms with Crippen LogP contribution in [0.25, 0.3) is 0 Å². The van der Waals surface area contributed by atoms with Crippen LogP contribution >= 0.6 is 27.7 Å². The minimum Gasteiger partial charge on any atom is -0.478 e. The maximum Gasteiger partial charge on any atom is 0.337 e. The van der Waals surface area contributed by atoms with Crippen LogP contribution in [0.5, 0.6) is 0 Å². The van der Waals surface area contributed by atoms with E-state index in [0.717, 1.165) is 5.56 Å². The van der Waals surface area contributed by atoms with Gasteiger partial charge in [0.2, 0.25) is 5.91 Å². The highest BCUT2D eigenvalue weighted by molar-refractivity contribution is 9.10. The van der Waals surface area contributed by atoms with Crippen LogP contribution in [0.15, 0.2) is 16.6 Å². The zero-order valence-electron chi connectivity index (χ0n) is 12.3. The highest BCUT2D eigenvalue weighted by atomic mass is 79.9. The molecule has 1 amide bonds. The summed E-state index contributed by atoms with van der Waals surface area (Å²) in [5, 5.41) is 9.42. The largest absolute Gasteiger partial charge is 0.478 e. The third-order valence-corrected chi connectivity index (χ3v) is 5.00. The lowest BCUT2D eigenvalue weighted by molar-refractivity contribution is -0.117. The number of anilines is 1. The summed E-state index contributed by atoms with van der Waals surface area (Å²) in [7, 11) is 0. The molecule has 0 saturated carbocycles. The van der Waals surface area contributed by atoms with Gasteiger partial charge >= 0.3 is 5.97 Å². The molecular weight excluding hydrogens is 370 g/mol. The van der Waals surface area contributed by atoms with Crippen molar-refractivity contribution in [3.05, 3.63) is 27.7 Å². The van der Waals surface area contributed by atoms with Gasteiger partial charge in [-0.25, -0.2) is 4.79 Å². The first-order valence-corrected chi connectivity index (χ1v) is 8.54. The van der Waals surface area contributed by atoms with E-state index in [2.05, 4.69) is 15.9 Å². The molecule has 1 fully saturated rings. The number of rotatable bonds is 4. The van der Waals surface area contributed by atoms with Crippen LogP contribution in [-0.4, -0.2) is 34.4 Å². The van der Waals surface area contributed by atoms with Gasteiger partial charge in [0.15, 0.2) is 5.12 Å². The summed E-state index contributed by atoms with van der Waals surface area (Å²) in [4.78, 5) is 36.3. The number of carbonyl (C=O) groups excluding carboxylic acids is 2. The minimum atomic E-state index is -1.06. The Kier molecular flexibility index (Phi) is 5.28. The third kappa shape index (κ3) is 3.70. The summed E-state index contributed by atoms with van der Waals surface area (Å²) < 4.78 is 0.668. The molecule has 0 aliphatic carbocycles. The van der Waals surface area contributed by atoms with E-state index in [0.29, 0.717) is 28.9 Å². The second-order valence-electron chi connectivity index (χ2n) is 5.30. The van der Waals surface area contributed by atoms with Crippen molar-refractivity contribution in [1.82, 2.24) is 0 Å². The van der Waals surface area contributed by atoms with E-state index in [-0.39, 0.29) is 22.5 Å². The van der Waals surface area contributed by atoms with Crippen LogP contribution in [-0.2, 0) is 9.59 Å². The molecule has 1 heterocycles. The van der Waals surface area contributed by atoms with Gasteiger partial charge in [-0.1, -0.05) is 27.7 Å². The fraction of sp³-hybridized carbons (Fsp3) is 0.400. The molecule has 0 aromatic heterocycles. The van der Waals surface area contributed by atoms with E-state index in [1.54, 1.807) is 13.0 Å². The van der Waals surface area contributed by atoms with Gasteiger partial charge in [0.05, 0.1) is 11.3 Å². The lowest BCUT2D eigenvalue weighted by Gasteiger charge is -2.21. The van der Waals surface area contributed by atoms with Crippen LogP contribution in [0.4, 0.5) is 5.69 Å². The van der Waals surface area contributed by atoms with Crippen molar-refractivity contribution >= 4 is 50.4 Å². The Morgan fingerprint density at radius 1 is 1.45 bits per heavy atom. The molecule has 2 rings (SSSR count). The van der Waals surface area contributed by atoms with Crippen LogP contribution in [0.1, 0.15) is 29.3 Å². The van der Waals surface area contributed by atoms with Crippen LogP contribution in [0, 0.1) is 12.8 Å². The molecule has 1 aliphatic rings. The molecule has 1 unspecified atom stereocenters. The Balaban J connectivity index is 2.30. The Bertz CT molecular complexity index is 647. The topological polar surface area (TPSA) is 74.7 Å². The molecule has 0 spiro atoms. The number of carboxylic acid groups (broad SMARTS) is 1. The molecule has 7 heteroatoms. The van der Waals surface area contributed by atoms with Crippen LogP contribution in [0.2, 0.25) is 0 Å². The Morgan fingerprint density at radius 2 is 2.14 bits per heavy atom. The lowest BCUT2D eigenvalue weighted by Crippen LogP contribution is -2.27. The molecule has 1 N–H and O–H groups in total. The second-order valence-corrected chi connectivity index (χ2v) is 7.41. The molecule has 1 aromatic carbocycles. The summed E-state index contributed by atoms with van der Waals surface area (Å²) in [6, 6.07) is 3.31. The van der Waals surface area contributed by atoms with Gasteiger partial charge in [0, 0.05) is 30.1 Å². The second kappa shape index (κ2) is 6.83. The summed E-state index contributed by atoms with van der Waals surface area (Å²) in [5.74, 6) is -0.517. The van der Waals surface area contributed by atoms with Crippen molar-refractivity contribution in [1.29, 1.82) is 0 Å². The number of halogens is 1. The number of carboxylic acids is 1. The van der Waals surface area contributed by atoms with E-state index in [9.17, 15) is 19.5 Å². The van der Waals surface area contributed by atoms with Crippen molar-refractivity contribution in [2.45, 2.75) is 20.3 Å². The number of carbonyl (C=O) groups is 3. The van der Waals surface area contributed by atoms with E-state index in [1.165, 1.54) is 29.7 Å². The molecule has 0 radical (unpaired) electrons. The molecule has 1 aliphatic heterocycles. The van der Waals surface area contributed by atoms with Crippen molar-refractivity contribution < 1.29 is 19.5 Å². The highest BCUT2D eigenvalue weighted by Crippen LogP contribution is 2.34. The normalized spacial score (nSPS) is 17.9. The van der Waals surface area contributed by atoms with E-state index < -0.39 is 5.97 Å². The van der Waals surface area contributed by atoms with Gasteiger partial charge in [-0.3, -0.25) is 9.59 Å². The predicted octanol–water partition coefficient (Wildman–Crippen LogP) is 3.09. The smallest absolute Gasteiger partial charge is 0.337 e. The monoisotopic (exact) mass is 385 g/mol. The number of aryl methyl sites for hydroxylation is 1. The van der Waals surface area contributed by atoms with Gasteiger partial charge in [-0.2, -0.15) is 0 Å². The van der Waals surface area contributed by atoms with Gasteiger partial charge < -0.3 is 10.0 Å². The number of nitrogens with zero attached hydrogens (tertiary/aromatic N) is 1. The maximum absolute atomic E-state index is 12.3. The Hall–Kier alpha value is -1.34. The molecule has 1 atom stereocenters.